The Morgan fingerprint density at radius 3 is 2.74 bits per heavy atom. The molecular formula is C19H21NO2S. The summed E-state index contributed by atoms with van der Waals surface area (Å²) in [6.45, 7) is 1.65. The van der Waals surface area contributed by atoms with Gasteiger partial charge in [-0.3, -0.25) is 4.79 Å². The second-order valence-electron chi connectivity index (χ2n) is 6.54. The summed E-state index contributed by atoms with van der Waals surface area (Å²) in [5.41, 5.74) is 1.81. The van der Waals surface area contributed by atoms with E-state index < -0.39 is 5.60 Å². The van der Waals surface area contributed by atoms with Crippen LogP contribution in [0.3, 0.4) is 0 Å². The Hall–Kier alpha value is -1.65. The molecule has 1 N–H and O–H groups in total. The third-order valence-electron chi connectivity index (χ3n) is 5.14. The lowest BCUT2D eigenvalue weighted by atomic mass is 9.82. The molecule has 23 heavy (non-hydrogen) atoms. The number of hydrogen-bond donors (Lipinski definition) is 1. The fraction of sp³-hybridized carbons (Fsp3) is 0.421. The monoisotopic (exact) mass is 327 g/mol. The Morgan fingerprint density at radius 1 is 1.13 bits per heavy atom. The van der Waals surface area contributed by atoms with Crippen molar-refractivity contribution in [3.63, 3.8) is 0 Å². The number of carbonyl (C=O) groups excluding carboxylic acids is 1. The highest BCUT2D eigenvalue weighted by Crippen LogP contribution is 2.42. The smallest absolute Gasteiger partial charge is 0.226 e. The standard InChI is InChI=1S/C19H21NO2S/c21-18(20-10-3-4-11-20)13-19(22)15-6-2-1-5-14(15)7-8-17-16(19)9-12-23-17/h1-2,5-6,9,12,22H,3-4,7-8,10-11,13H2. The summed E-state index contributed by atoms with van der Waals surface area (Å²) >= 11 is 1.69. The first-order valence-electron chi connectivity index (χ1n) is 8.34. The van der Waals surface area contributed by atoms with Crippen molar-refractivity contribution in [1.29, 1.82) is 0 Å². The maximum atomic E-state index is 12.7. The van der Waals surface area contributed by atoms with Gasteiger partial charge in [0.05, 0.1) is 6.42 Å². The Kier molecular flexibility index (Phi) is 3.74. The van der Waals surface area contributed by atoms with E-state index in [2.05, 4.69) is 6.07 Å². The van der Waals surface area contributed by atoms with Gasteiger partial charge in [-0.2, -0.15) is 0 Å². The largest absolute Gasteiger partial charge is 0.380 e. The van der Waals surface area contributed by atoms with E-state index in [1.54, 1.807) is 11.3 Å². The maximum Gasteiger partial charge on any atom is 0.226 e. The zero-order chi connectivity index (χ0) is 15.9. The van der Waals surface area contributed by atoms with Gasteiger partial charge in [-0.05, 0) is 48.3 Å². The summed E-state index contributed by atoms with van der Waals surface area (Å²) in [6.07, 6.45) is 4.15. The van der Waals surface area contributed by atoms with Gasteiger partial charge in [0.1, 0.15) is 5.60 Å². The van der Waals surface area contributed by atoms with E-state index in [4.69, 9.17) is 0 Å². The maximum absolute atomic E-state index is 12.7. The van der Waals surface area contributed by atoms with Crippen molar-refractivity contribution in [3.05, 3.63) is 57.3 Å². The van der Waals surface area contributed by atoms with Gasteiger partial charge in [0, 0.05) is 23.5 Å². The molecule has 1 unspecified atom stereocenters. The molecule has 0 radical (unpaired) electrons. The Bertz CT molecular complexity index is 732. The molecular weight excluding hydrogens is 306 g/mol. The number of likely N-dealkylation sites (tertiary alicyclic amines) is 1. The van der Waals surface area contributed by atoms with Gasteiger partial charge in [0.25, 0.3) is 0 Å². The van der Waals surface area contributed by atoms with Gasteiger partial charge in [0.2, 0.25) is 5.91 Å². The average molecular weight is 327 g/mol. The van der Waals surface area contributed by atoms with Gasteiger partial charge in [-0.15, -0.1) is 11.3 Å². The molecule has 120 valence electrons. The van der Waals surface area contributed by atoms with E-state index in [0.717, 1.165) is 55.5 Å². The highest BCUT2D eigenvalue weighted by Gasteiger charge is 2.40. The number of aliphatic hydroxyl groups is 1. The lowest BCUT2D eigenvalue weighted by Gasteiger charge is -2.31. The van der Waals surface area contributed by atoms with Gasteiger partial charge < -0.3 is 10.0 Å². The molecule has 1 aromatic heterocycles. The zero-order valence-corrected chi connectivity index (χ0v) is 13.9. The summed E-state index contributed by atoms with van der Waals surface area (Å²) in [6, 6.07) is 10.0. The average Bonchev–Trinajstić information content (AvgIpc) is 3.23. The number of rotatable bonds is 2. The van der Waals surface area contributed by atoms with Crippen LogP contribution in [0.15, 0.2) is 35.7 Å². The summed E-state index contributed by atoms with van der Waals surface area (Å²) < 4.78 is 0. The number of hydrogen-bond acceptors (Lipinski definition) is 3. The minimum atomic E-state index is -1.19. The van der Waals surface area contributed by atoms with E-state index in [1.807, 2.05) is 34.5 Å². The molecule has 0 bridgehead atoms. The van der Waals surface area contributed by atoms with E-state index in [9.17, 15) is 9.90 Å². The molecule has 1 aliphatic heterocycles. The summed E-state index contributed by atoms with van der Waals surface area (Å²) in [5.74, 6) is 0.0684. The molecule has 1 aromatic carbocycles. The van der Waals surface area contributed by atoms with Crippen LogP contribution in [-0.2, 0) is 23.2 Å². The van der Waals surface area contributed by atoms with Crippen LogP contribution in [0.2, 0.25) is 0 Å². The van der Waals surface area contributed by atoms with Crippen LogP contribution in [0, 0.1) is 0 Å². The van der Waals surface area contributed by atoms with Crippen molar-refractivity contribution in [1.82, 2.24) is 4.90 Å². The third-order valence-corrected chi connectivity index (χ3v) is 6.12. The lowest BCUT2D eigenvalue weighted by Crippen LogP contribution is -2.37. The van der Waals surface area contributed by atoms with Crippen LogP contribution in [0.5, 0.6) is 0 Å². The minimum Gasteiger partial charge on any atom is -0.380 e. The molecule has 1 atom stereocenters. The first-order valence-corrected chi connectivity index (χ1v) is 9.22. The SMILES string of the molecule is O=C(CC1(O)c2ccccc2CCc2sccc21)N1CCCC1. The van der Waals surface area contributed by atoms with Crippen molar-refractivity contribution in [2.24, 2.45) is 0 Å². The predicted octanol–water partition coefficient (Wildman–Crippen LogP) is 3.10. The normalized spacial score (nSPS) is 23.3. The summed E-state index contributed by atoms with van der Waals surface area (Å²) in [7, 11) is 0. The molecule has 2 aliphatic rings. The molecule has 4 heteroatoms. The molecule has 1 saturated heterocycles. The van der Waals surface area contributed by atoms with Gasteiger partial charge >= 0.3 is 0 Å². The lowest BCUT2D eigenvalue weighted by molar-refractivity contribution is -0.134. The van der Waals surface area contributed by atoms with Gasteiger partial charge in [-0.1, -0.05) is 24.3 Å². The Balaban J connectivity index is 1.78. The van der Waals surface area contributed by atoms with Crippen LogP contribution in [0.25, 0.3) is 0 Å². The van der Waals surface area contributed by atoms with Crippen LogP contribution >= 0.6 is 11.3 Å². The highest BCUT2D eigenvalue weighted by molar-refractivity contribution is 7.10. The fourth-order valence-corrected chi connectivity index (χ4v) is 4.88. The quantitative estimate of drug-likeness (QED) is 0.921. The molecule has 1 fully saturated rings. The van der Waals surface area contributed by atoms with Crippen LogP contribution in [0.4, 0.5) is 0 Å². The van der Waals surface area contributed by atoms with Crippen molar-refractivity contribution in [3.8, 4) is 0 Å². The third kappa shape index (κ3) is 2.50. The number of fused-ring (bicyclic) bond motifs is 2. The topological polar surface area (TPSA) is 40.5 Å². The molecule has 0 spiro atoms. The highest BCUT2D eigenvalue weighted by atomic mass is 32.1. The minimum absolute atomic E-state index is 0.0684. The van der Waals surface area contributed by atoms with E-state index >= 15 is 0 Å². The van der Waals surface area contributed by atoms with E-state index in [0.29, 0.717) is 0 Å². The van der Waals surface area contributed by atoms with Gasteiger partial charge in [0.15, 0.2) is 0 Å². The molecule has 2 aromatic rings. The number of amides is 1. The first kappa shape index (κ1) is 14.9. The number of aryl methyl sites for hydroxylation is 2. The second-order valence-corrected chi connectivity index (χ2v) is 7.54. The first-order chi connectivity index (χ1) is 11.2. The van der Waals surface area contributed by atoms with Crippen molar-refractivity contribution < 1.29 is 9.90 Å². The zero-order valence-electron chi connectivity index (χ0n) is 13.1. The molecule has 1 amide bonds. The Labute approximate surface area is 140 Å². The molecule has 1 aliphatic carbocycles. The van der Waals surface area contributed by atoms with Crippen molar-refractivity contribution in [2.75, 3.05) is 13.1 Å². The fourth-order valence-electron chi connectivity index (χ4n) is 3.93. The van der Waals surface area contributed by atoms with Gasteiger partial charge in [-0.25, -0.2) is 0 Å². The van der Waals surface area contributed by atoms with Crippen LogP contribution in [-0.4, -0.2) is 29.0 Å². The number of carbonyl (C=O) groups is 1. The number of nitrogens with zero attached hydrogens (tertiary/aromatic N) is 1. The number of benzene rings is 1. The Morgan fingerprint density at radius 2 is 1.91 bits per heavy atom. The summed E-state index contributed by atoms with van der Waals surface area (Å²) in [4.78, 5) is 15.8. The van der Waals surface area contributed by atoms with Crippen molar-refractivity contribution >= 4 is 17.2 Å². The molecule has 4 rings (SSSR count). The molecule has 2 heterocycles. The predicted molar refractivity (Wildman–Crippen MR) is 91.6 cm³/mol. The van der Waals surface area contributed by atoms with Crippen molar-refractivity contribution in [2.45, 2.75) is 37.7 Å². The number of thiophene rings is 1. The second kappa shape index (κ2) is 5.77. The van der Waals surface area contributed by atoms with Crippen LogP contribution < -0.4 is 0 Å². The summed E-state index contributed by atoms with van der Waals surface area (Å²) in [5, 5.41) is 13.7. The van der Waals surface area contributed by atoms with E-state index in [1.165, 1.54) is 4.88 Å². The van der Waals surface area contributed by atoms with Crippen LogP contribution in [0.1, 0.15) is 40.8 Å². The molecule has 0 saturated carbocycles. The molecule has 3 nitrogen and oxygen atoms in total. The van der Waals surface area contributed by atoms with E-state index in [-0.39, 0.29) is 12.3 Å².